The highest BCUT2D eigenvalue weighted by Gasteiger charge is 1.96. The number of hydrogen-bond donors (Lipinski definition) is 0. The first-order valence-electron chi connectivity index (χ1n) is 7.24. The van der Waals surface area contributed by atoms with Crippen molar-refractivity contribution in [3.05, 3.63) is 6.92 Å². The molecule has 0 heterocycles. The molecule has 0 bridgehead atoms. The zero-order valence-corrected chi connectivity index (χ0v) is 12.7. The monoisotopic (exact) mass is 289 g/mol. The summed E-state index contributed by atoms with van der Waals surface area (Å²) in [4.78, 5) is 0.464. The molecule has 0 rings (SSSR count). The van der Waals surface area contributed by atoms with Crippen molar-refractivity contribution in [2.45, 2.75) is 88.8 Å². The zero-order chi connectivity index (χ0) is 12.1. The molecule has 0 fully saturated rings. The first-order valence-corrected chi connectivity index (χ1v) is 8.16. The minimum atomic E-state index is 0.464. The Balaban J connectivity index is 2.88. The normalized spacial score (nSPS) is 12.9. The number of unbranched alkanes of at least 4 members (excludes halogenated alkanes) is 10. The van der Waals surface area contributed by atoms with Gasteiger partial charge in [-0.1, -0.05) is 93.5 Å². The lowest BCUT2D eigenvalue weighted by Gasteiger charge is -2.03. The molecule has 0 saturated heterocycles. The maximum atomic E-state index is 3.94. The second-order valence-electron chi connectivity index (χ2n) is 4.92. The van der Waals surface area contributed by atoms with E-state index < -0.39 is 0 Å². The van der Waals surface area contributed by atoms with Gasteiger partial charge in [0.15, 0.2) is 0 Å². The van der Waals surface area contributed by atoms with E-state index in [0.29, 0.717) is 4.83 Å². The molecule has 0 aliphatic rings. The number of halogens is 1. The molecule has 0 aromatic rings. The summed E-state index contributed by atoms with van der Waals surface area (Å²) in [6.45, 7) is 6.22. The van der Waals surface area contributed by atoms with Gasteiger partial charge in [0.1, 0.15) is 0 Å². The van der Waals surface area contributed by atoms with Gasteiger partial charge in [0.2, 0.25) is 0 Å². The molecule has 0 amide bonds. The molecule has 0 spiro atoms. The summed E-state index contributed by atoms with van der Waals surface area (Å²) in [7, 11) is 0. The molecule has 16 heavy (non-hydrogen) atoms. The van der Waals surface area contributed by atoms with Crippen molar-refractivity contribution in [1.82, 2.24) is 0 Å². The maximum Gasteiger partial charge on any atom is 0.0146 e. The molecule has 0 saturated carbocycles. The molecule has 0 aromatic heterocycles. The topological polar surface area (TPSA) is 0 Å². The lowest BCUT2D eigenvalue weighted by Crippen LogP contribution is -1.89. The second kappa shape index (κ2) is 13.5. The van der Waals surface area contributed by atoms with Crippen LogP contribution in [0.3, 0.4) is 0 Å². The minimum absolute atomic E-state index is 0.464. The van der Waals surface area contributed by atoms with Crippen LogP contribution in [-0.2, 0) is 0 Å². The van der Waals surface area contributed by atoms with E-state index in [1.807, 2.05) is 0 Å². The molecule has 1 radical (unpaired) electrons. The van der Waals surface area contributed by atoms with Crippen LogP contribution in [-0.4, -0.2) is 4.83 Å². The van der Waals surface area contributed by atoms with E-state index >= 15 is 0 Å². The largest absolute Gasteiger partial charge is 0.0891 e. The molecule has 0 aliphatic heterocycles. The third-order valence-electron chi connectivity index (χ3n) is 3.12. The van der Waals surface area contributed by atoms with Gasteiger partial charge in [-0.25, -0.2) is 0 Å². The predicted molar refractivity (Wildman–Crippen MR) is 79.2 cm³/mol. The van der Waals surface area contributed by atoms with Crippen molar-refractivity contribution in [2.75, 3.05) is 0 Å². The lowest BCUT2D eigenvalue weighted by molar-refractivity contribution is 0.546. The van der Waals surface area contributed by atoms with Crippen LogP contribution in [0.25, 0.3) is 0 Å². The molecule has 97 valence electrons. The van der Waals surface area contributed by atoms with Crippen LogP contribution in [0.4, 0.5) is 0 Å². The van der Waals surface area contributed by atoms with Crippen LogP contribution in [0, 0.1) is 6.92 Å². The van der Waals surface area contributed by atoms with Crippen LogP contribution in [0.1, 0.15) is 84.0 Å². The van der Waals surface area contributed by atoms with Crippen LogP contribution >= 0.6 is 15.9 Å². The smallest absolute Gasteiger partial charge is 0.0146 e. The molecule has 0 N–H and O–H groups in total. The van der Waals surface area contributed by atoms with Crippen molar-refractivity contribution in [3.8, 4) is 0 Å². The highest BCUT2D eigenvalue weighted by molar-refractivity contribution is 9.09. The van der Waals surface area contributed by atoms with E-state index in [1.54, 1.807) is 0 Å². The molecular weight excluding hydrogens is 260 g/mol. The summed E-state index contributed by atoms with van der Waals surface area (Å²) in [6, 6.07) is 0. The van der Waals surface area contributed by atoms with Crippen molar-refractivity contribution >= 4 is 15.9 Å². The van der Waals surface area contributed by atoms with E-state index in [2.05, 4.69) is 29.8 Å². The average Bonchev–Trinajstić information content (AvgIpc) is 2.25. The third-order valence-corrected chi connectivity index (χ3v) is 3.58. The quantitative estimate of drug-likeness (QED) is 0.293. The van der Waals surface area contributed by atoms with Crippen LogP contribution < -0.4 is 0 Å². The summed E-state index contributed by atoms with van der Waals surface area (Å²) in [5, 5.41) is 0. The summed E-state index contributed by atoms with van der Waals surface area (Å²) < 4.78 is 0. The molecule has 1 unspecified atom stereocenters. The lowest BCUT2D eigenvalue weighted by atomic mass is 10.1. The Kier molecular flexibility index (Phi) is 14.0. The van der Waals surface area contributed by atoms with Gasteiger partial charge in [0, 0.05) is 4.83 Å². The summed E-state index contributed by atoms with van der Waals surface area (Å²) in [6.07, 6.45) is 16.9. The Bertz CT molecular complexity index is 121. The fourth-order valence-corrected chi connectivity index (χ4v) is 2.35. The van der Waals surface area contributed by atoms with Gasteiger partial charge in [-0.3, -0.25) is 0 Å². The predicted octanol–water partition coefficient (Wildman–Crippen LogP) is 6.29. The van der Waals surface area contributed by atoms with Gasteiger partial charge in [-0.2, -0.15) is 0 Å². The van der Waals surface area contributed by atoms with Crippen LogP contribution in [0.2, 0.25) is 0 Å². The first kappa shape index (κ1) is 16.5. The first-order chi connectivity index (χ1) is 7.77. The Morgan fingerprint density at radius 2 is 1.12 bits per heavy atom. The second-order valence-corrected chi connectivity index (χ2v) is 6.22. The molecular formula is C15H30Br. The highest BCUT2D eigenvalue weighted by Crippen LogP contribution is 2.13. The average molecular weight is 290 g/mol. The fraction of sp³-hybridized carbons (Fsp3) is 0.933. The van der Waals surface area contributed by atoms with E-state index in [1.165, 1.54) is 77.0 Å². The maximum absolute atomic E-state index is 3.94. The fourth-order valence-electron chi connectivity index (χ4n) is 2.03. The summed E-state index contributed by atoms with van der Waals surface area (Å²) >= 11 is 3.49. The third kappa shape index (κ3) is 14.5. The number of rotatable bonds is 12. The zero-order valence-electron chi connectivity index (χ0n) is 11.1. The van der Waals surface area contributed by atoms with Crippen molar-refractivity contribution in [2.24, 2.45) is 0 Å². The molecule has 1 atom stereocenters. The number of alkyl halides is 1. The SMILES string of the molecule is [CH2]C(Br)CCCCCCCCCCCCC. The van der Waals surface area contributed by atoms with E-state index in [9.17, 15) is 0 Å². The molecule has 0 aliphatic carbocycles. The van der Waals surface area contributed by atoms with Gasteiger partial charge in [0.05, 0.1) is 0 Å². The highest BCUT2D eigenvalue weighted by atomic mass is 79.9. The van der Waals surface area contributed by atoms with Crippen LogP contribution in [0.15, 0.2) is 0 Å². The van der Waals surface area contributed by atoms with Gasteiger partial charge in [0.25, 0.3) is 0 Å². The van der Waals surface area contributed by atoms with Crippen molar-refractivity contribution < 1.29 is 0 Å². The minimum Gasteiger partial charge on any atom is -0.0891 e. The number of hydrogen-bond acceptors (Lipinski definition) is 0. The molecule has 1 heteroatoms. The van der Waals surface area contributed by atoms with Crippen molar-refractivity contribution in [3.63, 3.8) is 0 Å². The van der Waals surface area contributed by atoms with Gasteiger partial charge in [-0.05, 0) is 13.3 Å². The van der Waals surface area contributed by atoms with Gasteiger partial charge in [-0.15, -0.1) is 0 Å². The van der Waals surface area contributed by atoms with Crippen LogP contribution in [0.5, 0.6) is 0 Å². The molecule has 0 aromatic carbocycles. The molecule has 0 nitrogen and oxygen atoms in total. The Morgan fingerprint density at radius 1 is 0.750 bits per heavy atom. The Morgan fingerprint density at radius 3 is 1.50 bits per heavy atom. The van der Waals surface area contributed by atoms with Crippen molar-refractivity contribution in [1.29, 1.82) is 0 Å². The summed E-state index contributed by atoms with van der Waals surface area (Å²) in [5.74, 6) is 0. The van der Waals surface area contributed by atoms with E-state index in [0.717, 1.165) is 0 Å². The van der Waals surface area contributed by atoms with E-state index in [-0.39, 0.29) is 0 Å². The summed E-state index contributed by atoms with van der Waals surface area (Å²) in [5.41, 5.74) is 0. The Labute approximate surface area is 112 Å². The van der Waals surface area contributed by atoms with E-state index in [4.69, 9.17) is 0 Å². The van der Waals surface area contributed by atoms with Gasteiger partial charge >= 0.3 is 0 Å². The Hall–Kier alpha value is 0.480. The standard InChI is InChI=1S/C15H30Br/c1-3-4-5-6-7-8-9-10-11-12-13-14-15(2)16/h15H,2-14H2,1H3. The van der Waals surface area contributed by atoms with Gasteiger partial charge < -0.3 is 0 Å².